The predicted molar refractivity (Wildman–Crippen MR) is 91.1 cm³/mol. The molecule has 0 spiro atoms. The van der Waals surface area contributed by atoms with Crippen LogP contribution in [0.2, 0.25) is 0 Å². The molecular formula is C17H23N3OS. The maximum Gasteiger partial charge on any atom is 0.233 e. The Hall–Kier alpha value is -1.49. The first kappa shape index (κ1) is 15.4. The Morgan fingerprint density at radius 1 is 1.36 bits per heavy atom. The third-order valence-corrected chi connectivity index (χ3v) is 5.50. The van der Waals surface area contributed by atoms with Crippen molar-refractivity contribution in [2.75, 3.05) is 12.3 Å². The average molecular weight is 317 g/mol. The van der Waals surface area contributed by atoms with Crippen LogP contribution >= 0.6 is 11.8 Å². The fourth-order valence-electron chi connectivity index (χ4n) is 3.22. The van der Waals surface area contributed by atoms with Gasteiger partial charge in [-0.15, -0.1) is 0 Å². The summed E-state index contributed by atoms with van der Waals surface area (Å²) in [4.78, 5) is 19.2. The van der Waals surface area contributed by atoms with E-state index in [0.29, 0.717) is 11.8 Å². The van der Waals surface area contributed by atoms with Gasteiger partial charge in [0.25, 0.3) is 0 Å². The number of fused-ring (bicyclic) bond motifs is 1. The number of imidazole rings is 1. The van der Waals surface area contributed by atoms with Crippen molar-refractivity contribution in [2.45, 2.75) is 43.8 Å². The lowest BCUT2D eigenvalue weighted by Crippen LogP contribution is -2.44. The van der Waals surface area contributed by atoms with Crippen molar-refractivity contribution < 1.29 is 4.79 Å². The molecule has 0 aliphatic carbocycles. The van der Waals surface area contributed by atoms with Gasteiger partial charge in [-0.05, 0) is 37.8 Å². The van der Waals surface area contributed by atoms with E-state index >= 15 is 0 Å². The second-order valence-electron chi connectivity index (χ2n) is 5.88. The van der Waals surface area contributed by atoms with Crippen molar-refractivity contribution in [3.63, 3.8) is 0 Å². The number of rotatable bonds is 4. The Labute approximate surface area is 135 Å². The van der Waals surface area contributed by atoms with Gasteiger partial charge in [0.2, 0.25) is 5.91 Å². The highest BCUT2D eigenvalue weighted by Crippen LogP contribution is 2.25. The molecular weight excluding hydrogens is 294 g/mol. The van der Waals surface area contributed by atoms with E-state index in [0.717, 1.165) is 42.0 Å². The summed E-state index contributed by atoms with van der Waals surface area (Å²) in [7, 11) is 2.01. The molecule has 1 atom stereocenters. The molecule has 0 saturated carbocycles. The van der Waals surface area contributed by atoms with Crippen molar-refractivity contribution in [3.8, 4) is 0 Å². The number of carbonyl (C=O) groups is 1. The summed E-state index contributed by atoms with van der Waals surface area (Å²) in [5, 5.41) is 0.916. The fraction of sp³-hybridized carbons (Fsp3) is 0.529. The molecule has 5 heteroatoms. The third kappa shape index (κ3) is 3.00. The number of benzene rings is 1. The Morgan fingerprint density at radius 3 is 2.95 bits per heavy atom. The van der Waals surface area contributed by atoms with E-state index in [-0.39, 0.29) is 5.91 Å². The molecule has 1 fully saturated rings. The second kappa shape index (κ2) is 6.73. The number of para-hydroxylation sites is 2. The van der Waals surface area contributed by atoms with E-state index in [1.807, 2.05) is 25.2 Å². The maximum absolute atomic E-state index is 12.5. The summed E-state index contributed by atoms with van der Waals surface area (Å²) in [5.74, 6) is 0.733. The number of amides is 1. The molecule has 1 aromatic carbocycles. The number of aromatic nitrogens is 2. The number of hydrogen-bond acceptors (Lipinski definition) is 3. The molecule has 4 nitrogen and oxygen atoms in total. The normalized spacial score (nSPS) is 18.8. The van der Waals surface area contributed by atoms with Crippen LogP contribution in [-0.2, 0) is 11.8 Å². The summed E-state index contributed by atoms with van der Waals surface area (Å²) in [6.45, 7) is 3.09. The predicted octanol–water partition coefficient (Wildman–Crippen LogP) is 3.46. The van der Waals surface area contributed by atoms with Crippen LogP contribution in [0.4, 0.5) is 0 Å². The molecule has 0 bridgehead atoms. The lowest BCUT2D eigenvalue weighted by molar-refractivity contribution is -0.132. The fourth-order valence-corrected chi connectivity index (χ4v) is 4.09. The highest BCUT2D eigenvalue weighted by atomic mass is 32.2. The monoisotopic (exact) mass is 317 g/mol. The zero-order valence-electron chi connectivity index (χ0n) is 13.3. The second-order valence-corrected chi connectivity index (χ2v) is 6.82. The van der Waals surface area contributed by atoms with Crippen molar-refractivity contribution >= 4 is 28.7 Å². The average Bonchev–Trinajstić information content (AvgIpc) is 2.89. The summed E-state index contributed by atoms with van der Waals surface area (Å²) in [6, 6.07) is 8.52. The van der Waals surface area contributed by atoms with Gasteiger partial charge in [0.1, 0.15) is 0 Å². The van der Waals surface area contributed by atoms with Gasteiger partial charge in [0.15, 0.2) is 5.16 Å². The minimum atomic E-state index is 0.253. The Balaban J connectivity index is 1.68. The number of likely N-dealkylation sites (tertiary alicyclic amines) is 1. The van der Waals surface area contributed by atoms with Gasteiger partial charge in [-0.2, -0.15) is 0 Å². The van der Waals surface area contributed by atoms with Gasteiger partial charge in [-0.25, -0.2) is 4.98 Å². The number of hydrogen-bond donors (Lipinski definition) is 0. The van der Waals surface area contributed by atoms with Crippen LogP contribution < -0.4 is 0 Å². The molecule has 1 saturated heterocycles. The molecule has 3 rings (SSSR count). The van der Waals surface area contributed by atoms with E-state index in [9.17, 15) is 4.79 Å². The van der Waals surface area contributed by atoms with E-state index < -0.39 is 0 Å². The minimum Gasteiger partial charge on any atom is -0.339 e. The SMILES string of the molecule is CCC1CCCCN1C(=O)CSc1nc2ccccc2n1C. The van der Waals surface area contributed by atoms with Crippen LogP contribution in [0.1, 0.15) is 32.6 Å². The summed E-state index contributed by atoms with van der Waals surface area (Å²) >= 11 is 1.55. The van der Waals surface area contributed by atoms with E-state index in [4.69, 9.17) is 0 Å². The Morgan fingerprint density at radius 2 is 2.18 bits per heavy atom. The minimum absolute atomic E-state index is 0.253. The van der Waals surface area contributed by atoms with Gasteiger partial charge >= 0.3 is 0 Å². The summed E-state index contributed by atoms with van der Waals surface area (Å²) in [5.41, 5.74) is 2.10. The van der Waals surface area contributed by atoms with Crippen molar-refractivity contribution in [3.05, 3.63) is 24.3 Å². The Kier molecular flexibility index (Phi) is 4.71. The van der Waals surface area contributed by atoms with Crippen LogP contribution in [0.3, 0.4) is 0 Å². The third-order valence-electron chi connectivity index (χ3n) is 4.49. The molecule has 1 unspecified atom stereocenters. The molecule has 1 aliphatic heterocycles. The van der Waals surface area contributed by atoms with Gasteiger partial charge in [0.05, 0.1) is 16.8 Å². The standard InChI is InChI=1S/C17H23N3OS/c1-3-13-8-6-7-11-20(13)16(21)12-22-17-18-14-9-4-5-10-15(14)19(17)2/h4-5,9-10,13H,3,6-8,11-12H2,1-2H3. The molecule has 1 amide bonds. The highest BCUT2D eigenvalue weighted by Gasteiger charge is 2.25. The number of nitrogens with zero attached hydrogens (tertiary/aromatic N) is 3. The van der Waals surface area contributed by atoms with Crippen molar-refractivity contribution in [1.29, 1.82) is 0 Å². The maximum atomic E-state index is 12.5. The smallest absolute Gasteiger partial charge is 0.233 e. The Bertz CT molecular complexity index is 667. The molecule has 118 valence electrons. The van der Waals surface area contributed by atoms with E-state index in [1.165, 1.54) is 6.42 Å². The molecule has 1 aromatic heterocycles. The van der Waals surface area contributed by atoms with Gasteiger partial charge < -0.3 is 9.47 Å². The topological polar surface area (TPSA) is 38.1 Å². The summed E-state index contributed by atoms with van der Waals surface area (Å²) < 4.78 is 2.07. The van der Waals surface area contributed by atoms with Gasteiger partial charge in [-0.3, -0.25) is 4.79 Å². The first-order chi connectivity index (χ1) is 10.7. The molecule has 0 N–H and O–H groups in total. The number of carbonyl (C=O) groups excluding carboxylic acids is 1. The van der Waals surface area contributed by atoms with Crippen LogP contribution in [0.5, 0.6) is 0 Å². The first-order valence-corrected chi connectivity index (χ1v) is 9.03. The number of thioether (sulfide) groups is 1. The van der Waals surface area contributed by atoms with Gasteiger partial charge in [0, 0.05) is 19.6 Å². The van der Waals surface area contributed by atoms with Crippen LogP contribution in [-0.4, -0.2) is 38.7 Å². The van der Waals surface area contributed by atoms with E-state index in [2.05, 4.69) is 27.4 Å². The lowest BCUT2D eigenvalue weighted by Gasteiger charge is -2.35. The molecule has 2 aromatic rings. The van der Waals surface area contributed by atoms with Crippen LogP contribution in [0.15, 0.2) is 29.4 Å². The highest BCUT2D eigenvalue weighted by molar-refractivity contribution is 7.99. The largest absolute Gasteiger partial charge is 0.339 e. The van der Waals surface area contributed by atoms with Gasteiger partial charge in [-0.1, -0.05) is 30.8 Å². The van der Waals surface area contributed by atoms with Crippen molar-refractivity contribution in [2.24, 2.45) is 7.05 Å². The quantitative estimate of drug-likeness (QED) is 0.811. The summed E-state index contributed by atoms with van der Waals surface area (Å²) in [6.07, 6.45) is 4.60. The zero-order valence-corrected chi connectivity index (χ0v) is 14.1. The van der Waals surface area contributed by atoms with Crippen LogP contribution in [0.25, 0.3) is 11.0 Å². The lowest BCUT2D eigenvalue weighted by atomic mass is 10.0. The van der Waals surface area contributed by atoms with E-state index in [1.54, 1.807) is 11.8 Å². The molecule has 2 heterocycles. The first-order valence-electron chi connectivity index (χ1n) is 8.04. The van der Waals surface area contributed by atoms with Crippen LogP contribution in [0, 0.1) is 0 Å². The molecule has 1 aliphatic rings. The number of aryl methyl sites for hydroxylation is 1. The molecule has 0 radical (unpaired) electrons. The zero-order chi connectivity index (χ0) is 15.5. The molecule has 22 heavy (non-hydrogen) atoms. The number of piperidine rings is 1. The van der Waals surface area contributed by atoms with Crippen molar-refractivity contribution in [1.82, 2.24) is 14.5 Å².